The number of hydrogen-bond acceptors (Lipinski definition) is 5. The molecular weight excluding hydrogens is 306 g/mol. The van der Waals surface area contributed by atoms with Crippen molar-refractivity contribution in [2.75, 3.05) is 13.7 Å². The molecule has 124 valence electrons. The zero-order valence-electron chi connectivity index (χ0n) is 13.2. The van der Waals surface area contributed by atoms with E-state index in [-0.39, 0.29) is 11.5 Å². The molecule has 7 heteroatoms. The number of esters is 1. The van der Waals surface area contributed by atoms with Crippen LogP contribution in [0.5, 0.6) is 5.75 Å². The summed E-state index contributed by atoms with van der Waals surface area (Å²) in [6.45, 7) is 3.87. The number of unbranched alkanes of at least 4 members (excludes halogenated alkanes) is 1. The molecule has 1 rings (SSSR count). The van der Waals surface area contributed by atoms with Crippen molar-refractivity contribution in [3.63, 3.8) is 0 Å². The van der Waals surface area contributed by atoms with Gasteiger partial charge in [0.1, 0.15) is 11.8 Å². The van der Waals surface area contributed by atoms with E-state index in [2.05, 4.69) is 4.72 Å². The number of carbonyl (C=O) groups excluding carboxylic acids is 1. The monoisotopic (exact) mass is 329 g/mol. The molecule has 6 nitrogen and oxygen atoms in total. The maximum atomic E-state index is 12.4. The van der Waals surface area contributed by atoms with E-state index in [0.29, 0.717) is 12.2 Å². The molecule has 1 aromatic carbocycles. The fourth-order valence-corrected chi connectivity index (χ4v) is 3.11. The van der Waals surface area contributed by atoms with Gasteiger partial charge >= 0.3 is 5.97 Å². The third-order valence-electron chi connectivity index (χ3n) is 3.08. The lowest BCUT2D eigenvalue weighted by Gasteiger charge is -2.17. The fourth-order valence-electron chi connectivity index (χ4n) is 1.89. The molecular formula is C15H23NO5S. The quantitative estimate of drug-likeness (QED) is 0.702. The van der Waals surface area contributed by atoms with Gasteiger partial charge in [-0.15, -0.1) is 0 Å². The number of ether oxygens (including phenoxy) is 2. The van der Waals surface area contributed by atoms with Crippen molar-refractivity contribution in [3.05, 3.63) is 24.3 Å². The molecule has 0 bridgehead atoms. The van der Waals surface area contributed by atoms with Gasteiger partial charge < -0.3 is 9.47 Å². The molecule has 1 aromatic rings. The van der Waals surface area contributed by atoms with Crippen molar-refractivity contribution in [2.24, 2.45) is 0 Å². The van der Waals surface area contributed by atoms with Crippen molar-refractivity contribution < 1.29 is 22.7 Å². The summed E-state index contributed by atoms with van der Waals surface area (Å²) in [5.41, 5.74) is 0. The van der Waals surface area contributed by atoms with Crippen LogP contribution in [0.15, 0.2) is 29.2 Å². The number of benzene rings is 1. The number of sulfonamides is 1. The van der Waals surface area contributed by atoms with Crippen molar-refractivity contribution in [1.29, 1.82) is 0 Å². The third kappa shape index (κ3) is 5.31. The summed E-state index contributed by atoms with van der Waals surface area (Å²) in [5, 5.41) is 0. The Balaban J connectivity index is 2.90. The number of methoxy groups -OCH3 is 1. The Hall–Kier alpha value is -1.60. The second-order valence-corrected chi connectivity index (χ2v) is 6.46. The second-order valence-electron chi connectivity index (χ2n) is 4.74. The van der Waals surface area contributed by atoms with Crippen LogP contribution in [0.4, 0.5) is 0 Å². The standard InChI is InChI=1S/C15H23NO5S/c1-4-6-7-14(15(17)21-5-2)16-22(18,19)13-10-8-12(20-3)9-11-13/h8-11,14,16H,4-7H2,1-3H3. The van der Waals surface area contributed by atoms with Crippen molar-refractivity contribution in [3.8, 4) is 5.75 Å². The molecule has 0 spiro atoms. The second kappa shape index (κ2) is 8.75. The zero-order valence-corrected chi connectivity index (χ0v) is 14.0. The average molecular weight is 329 g/mol. The first-order valence-electron chi connectivity index (χ1n) is 7.27. The third-order valence-corrected chi connectivity index (χ3v) is 4.57. The topological polar surface area (TPSA) is 81.7 Å². The first-order chi connectivity index (χ1) is 10.4. The Morgan fingerprint density at radius 3 is 2.36 bits per heavy atom. The highest BCUT2D eigenvalue weighted by Gasteiger charge is 2.26. The van der Waals surface area contributed by atoms with E-state index in [1.54, 1.807) is 19.1 Å². The van der Waals surface area contributed by atoms with Crippen LogP contribution in [-0.2, 0) is 19.6 Å². The highest BCUT2D eigenvalue weighted by Crippen LogP contribution is 2.16. The Labute approximate surface area is 131 Å². The molecule has 0 saturated carbocycles. The molecule has 1 N–H and O–H groups in total. The van der Waals surface area contributed by atoms with E-state index in [4.69, 9.17) is 9.47 Å². The lowest BCUT2D eigenvalue weighted by molar-refractivity contribution is -0.145. The van der Waals surface area contributed by atoms with E-state index < -0.39 is 22.0 Å². The zero-order chi connectivity index (χ0) is 16.6. The van der Waals surface area contributed by atoms with Crippen LogP contribution in [0.25, 0.3) is 0 Å². The van der Waals surface area contributed by atoms with E-state index in [9.17, 15) is 13.2 Å². The Morgan fingerprint density at radius 2 is 1.86 bits per heavy atom. The van der Waals surface area contributed by atoms with Crippen molar-refractivity contribution in [1.82, 2.24) is 4.72 Å². The van der Waals surface area contributed by atoms with Crippen LogP contribution in [-0.4, -0.2) is 34.1 Å². The van der Waals surface area contributed by atoms with E-state index in [1.807, 2.05) is 6.92 Å². The van der Waals surface area contributed by atoms with Gasteiger partial charge in [0.25, 0.3) is 0 Å². The lowest BCUT2D eigenvalue weighted by Crippen LogP contribution is -2.41. The summed E-state index contributed by atoms with van der Waals surface area (Å²) in [5.74, 6) is 0.0138. The summed E-state index contributed by atoms with van der Waals surface area (Å²) in [6.07, 6.45) is 2.00. The van der Waals surface area contributed by atoms with Gasteiger partial charge in [-0.3, -0.25) is 4.79 Å². The first-order valence-corrected chi connectivity index (χ1v) is 8.76. The number of nitrogens with one attached hydrogen (secondary N) is 1. The summed E-state index contributed by atoms with van der Waals surface area (Å²) in [6, 6.07) is 5.11. The SMILES string of the molecule is CCCCC(NS(=O)(=O)c1ccc(OC)cc1)C(=O)OCC. The minimum atomic E-state index is -3.78. The molecule has 1 unspecified atom stereocenters. The Bertz CT molecular complexity index is 568. The van der Waals surface area contributed by atoms with Gasteiger partial charge in [0, 0.05) is 0 Å². The van der Waals surface area contributed by atoms with Gasteiger partial charge in [-0.1, -0.05) is 19.8 Å². The van der Waals surface area contributed by atoms with Crippen LogP contribution in [0.2, 0.25) is 0 Å². The van der Waals surface area contributed by atoms with Crippen molar-refractivity contribution in [2.45, 2.75) is 44.0 Å². The molecule has 1 atom stereocenters. The van der Waals surface area contributed by atoms with Gasteiger partial charge in [-0.25, -0.2) is 8.42 Å². The largest absolute Gasteiger partial charge is 0.497 e. The number of rotatable bonds is 9. The highest BCUT2D eigenvalue weighted by atomic mass is 32.2. The maximum absolute atomic E-state index is 12.4. The van der Waals surface area contributed by atoms with Gasteiger partial charge in [0.15, 0.2) is 0 Å². The molecule has 22 heavy (non-hydrogen) atoms. The Kier molecular flexibility index (Phi) is 7.34. The van der Waals surface area contributed by atoms with Gasteiger partial charge in [-0.2, -0.15) is 4.72 Å². The summed E-state index contributed by atoms with van der Waals surface area (Å²) < 4.78 is 37.1. The maximum Gasteiger partial charge on any atom is 0.324 e. The number of carbonyl (C=O) groups is 1. The highest BCUT2D eigenvalue weighted by molar-refractivity contribution is 7.89. The van der Waals surface area contributed by atoms with E-state index in [0.717, 1.165) is 12.8 Å². The molecule has 0 radical (unpaired) electrons. The molecule has 0 heterocycles. The van der Waals surface area contributed by atoms with Crippen LogP contribution in [0.3, 0.4) is 0 Å². The minimum Gasteiger partial charge on any atom is -0.497 e. The van der Waals surface area contributed by atoms with Crippen LogP contribution in [0.1, 0.15) is 33.1 Å². The van der Waals surface area contributed by atoms with Gasteiger partial charge in [0.05, 0.1) is 18.6 Å². The molecule has 0 amide bonds. The van der Waals surface area contributed by atoms with Crippen LogP contribution >= 0.6 is 0 Å². The van der Waals surface area contributed by atoms with Crippen LogP contribution in [0, 0.1) is 0 Å². The predicted molar refractivity (Wildman–Crippen MR) is 83.3 cm³/mol. The normalized spacial score (nSPS) is 12.7. The smallest absolute Gasteiger partial charge is 0.324 e. The Morgan fingerprint density at radius 1 is 1.23 bits per heavy atom. The molecule has 0 fully saturated rings. The molecule has 0 aliphatic heterocycles. The first kappa shape index (κ1) is 18.4. The molecule has 0 aliphatic rings. The lowest BCUT2D eigenvalue weighted by atomic mass is 10.1. The van der Waals surface area contributed by atoms with Gasteiger partial charge in [0.2, 0.25) is 10.0 Å². The summed E-state index contributed by atoms with van der Waals surface area (Å²) in [4.78, 5) is 12.0. The number of hydrogen-bond donors (Lipinski definition) is 1. The van der Waals surface area contributed by atoms with E-state index in [1.165, 1.54) is 19.2 Å². The van der Waals surface area contributed by atoms with Crippen LogP contribution < -0.4 is 9.46 Å². The van der Waals surface area contributed by atoms with E-state index >= 15 is 0 Å². The molecule has 0 aromatic heterocycles. The summed E-state index contributed by atoms with van der Waals surface area (Å²) in [7, 11) is -2.28. The van der Waals surface area contributed by atoms with Gasteiger partial charge in [-0.05, 0) is 37.6 Å². The minimum absolute atomic E-state index is 0.0825. The predicted octanol–water partition coefficient (Wildman–Crippen LogP) is 2.10. The average Bonchev–Trinajstić information content (AvgIpc) is 2.51. The molecule has 0 aliphatic carbocycles. The summed E-state index contributed by atoms with van der Waals surface area (Å²) >= 11 is 0. The fraction of sp³-hybridized carbons (Fsp3) is 0.533. The molecule has 0 saturated heterocycles. The van der Waals surface area contributed by atoms with Crippen molar-refractivity contribution >= 4 is 16.0 Å².